The number of ether oxygens (including phenoxy) is 1. The molecule has 0 amide bonds. The van der Waals surface area contributed by atoms with Crippen LogP contribution < -0.4 is 10.1 Å². The van der Waals surface area contributed by atoms with Gasteiger partial charge in [0.2, 0.25) is 0 Å². The lowest BCUT2D eigenvalue weighted by atomic mass is 9.83. The summed E-state index contributed by atoms with van der Waals surface area (Å²) >= 11 is 0. The molecule has 1 aliphatic rings. The second-order valence-electron chi connectivity index (χ2n) is 4.31. The normalized spacial score (nSPS) is 25.5. The van der Waals surface area contributed by atoms with E-state index in [9.17, 15) is 4.79 Å². The standard InChI is InChI=1S/C13H17NO2/c1-13(12(15)4-3-9-14-13)10-5-7-11(16-2)8-6-10/h5-8,14H,3-4,9H2,1-2H3. The molecule has 1 aliphatic heterocycles. The number of methoxy groups -OCH3 is 1. The van der Waals surface area contributed by atoms with Crippen LogP contribution in [0.4, 0.5) is 0 Å². The predicted octanol–water partition coefficient (Wildman–Crippen LogP) is 1.86. The van der Waals surface area contributed by atoms with Gasteiger partial charge in [-0.25, -0.2) is 0 Å². The van der Waals surface area contributed by atoms with Crippen LogP contribution in [0.15, 0.2) is 24.3 Å². The van der Waals surface area contributed by atoms with E-state index in [-0.39, 0.29) is 5.78 Å². The van der Waals surface area contributed by atoms with Gasteiger partial charge in [-0.1, -0.05) is 12.1 Å². The van der Waals surface area contributed by atoms with Crippen LogP contribution in [0, 0.1) is 0 Å². The van der Waals surface area contributed by atoms with Crippen molar-refractivity contribution >= 4 is 5.78 Å². The van der Waals surface area contributed by atoms with Crippen LogP contribution in [0.2, 0.25) is 0 Å². The summed E-state index contributed by atoms with van der Waals surface area (Å²) in [5, 5.41) is 3.31. The minimum Gasteiger partial charge on any atom is -0.497 e. The second-order valence-corrected chi connectivity index (χ2v) is 4.31. The van der Waals surface area contributed by atoms with E-state index in [0.717, 1.165) is 24.3 Å². The van der Waals surface area contributed by atoms with Crippen LogP contribution in [0.5, 0.6) is 5.75 Å². The Morgan fingerprint density at radius 3 is 2.56 bits per heavy atom. The number of carbonyl (C=O) groups excluding carboxylic acids is 1. The first-order chi connectivity index (χ1) is 7.66. The van der Waals surface area contributed by atoms with Crippen LogP contribution in [0.25, 0.3) is 0 Å². The molecular weight excluding hydrogens is 202 g/mol. The number of benzene rings is 1. The molecule has 0 bridgehead atoms. The van der Waals surface area contributed by atoms with E-state index < -0.39 is 5.54 Å². The lowest BCUT2D eigenvalue weighted by Crippen LogP contribution is -2.50. The number of Topliss-reactive ketones (excluding diaryl/α,β-unsaturated/α-hetero) is 1. The Morgan fingerprint density at radius 1 is 1.31 bits per heavy atom. The molecule has 1 unspecified atom stereocenters. The monoisotopic (exact) mass is 219 g/mol. The van der Waals surface area contributed by atoms with Gasteiger partial charge in [-0.15, -0.1) is 0 Å². The third kappa shape index (κ3) is 1.83. The first-order valence-electron chi connectivity index (χ1n) is 5.59. The van der Waals surface area contributed by atoms with E-state index in [2.05, 4.69) is 5.32 Å². The molecule has 0 spiro atoms. The number of ketones is 1. The minimum atomic E-state index is -0.523. The SMILES string of the molecule is COc1ccc(C2(C)NCCCC2=O)cc1. The highest BCUT2D eigenvalue weighted by atomic mass is 16.5. The molecule has 1 saturated heterocycles. The summed E-state index contributed by atoms with van der Waals surface area (Å²) in [6, 6.07) is 7.69. The van der Waals surface area contributed by atoms with Gasteiger partial charge in [0.1, 0.15) is 11.3 Å². The van der Waals surface area contributed by atoms with Crippen LogP contribution >= 0.6 is 0 Å². The summed E-state index contributed by atoms with van der Waals surface area (Å²) in [5.41, 5.74) is 0.489. The summed E-state index contributed by atoms with van der Waals surface area (Å²) in [5.74, 6) is 1.08. The number of piperidine rings is 1. The number of nitrogens with one attached hydrogen (secondary N) is 1. The highest BCUT2D eigenvalue weighted by Gasteiger charge is 2.36. The summed E-state index contributed by atoms with van der Waals surface area (Å²) in [4.78, 5) is 12.0. The third-order valence-corrected chi connectivity index (χ3v) is 3.28. The second kappa shape index (κ2) is 4.26. The zero-order chi connectivity index (χ0) is 11.6. The average molecular weight is 219 g/mol. The van der Waals surface area contributed by atoms with Gasteiger partial charge in [0.25, 0.3) is 0 Å². The fourth-order valence-corrected chi connectivity index (χ4v) is 2.12. The van der Waals surface area contributed by atoms with Gasteiger partial charge in [0, 0.05) is 6.42 Å². The zero-order valence-electron chi connectivity index (χ0n) is 9.75. The molecule has 1 aromatic rings. The van der Waals surface area contributed by atoms with Crippen molar-refractivity contribution in [1.82, 2.24) is 5.32 Å². The van der Waals surface area contributed by atoms with E-state index in [1.807, 2.05) is 31.2 Å². The van der Waals surface area contributed by atoms with Crippen molar-refractivity contribution in [2.24, 2.45) is 0 Å². The van der Waals surface area contributed by atoms with E-state index in [0.29, 0.717) is 6.42 Å². The lowest BCUT2D eigenvalue weighted by Gasteiger charge is -2.33. The Kier molecular flexibility index (Phi) is 2.97. The molecule has 1 heterocycles. The Balaban J connectivity index is 2.30. The third-order valence-electron chi connectivity index (χ3n) is 3.28. The summed E-state index contributed by atoms with van der Waals surface area (Å²) < 4.78 is 5.11. The van der Waals surface area contributed by atoms with E-state index in [4.69, 9.17) is 4.74 Å². The molecule has 1 atom stereocenters. The number of carbonyl (C=O) groups is 1. The molecular formula is C13H17NO2. The molecule has 0 radical (unpaired) electrons. The Bertz CT molecular complexity index is 385. The van der Waals surface area contributed by atoms with Gasteiger partial charge in [0.05, 0.1) is 7.11 Å². The molecule has 2 rings (SSSR count). The largest absolute Gasteiger partial charge is 0.497 e. The molecule has 86 valence electrons. The molecule has 16 heavy (non-hydrogen) atoms. The van der Waals surface area contributed by atoms with E-state index >= 15 is 0 Å². The van der Waals surface area contributed by atoms with Crippen molar-refractivity contribution in [3.8, 4) is 5.75 Å². The molecule has 0 saturated carbocycles. The van der Waals surface area contributed by atoms with Crippen LogP contribution in [0.3, 0.4) is 0 Å². The fraction of sp³-hybridized carbons (Fsp3) is 0.462. The highest BCUT2D eigenvalue weighted by molar-refractivity contribution is 5.89. The molecule has 1 N–H and O–H groups in total. The first-order valence-corrected chi connectivity index (χ1v) is 5.59. The van der Waals surface area contributed by atoms with Crippen molar-refractivity contribution in [2.75, 3.05) is 13.7 Å². The summed E-state index contributed by atoms with van der Waals surface area (Å²) in [6.45, 7) is 2.85. The molecule has 1 fully saturated rings. The first kappa shape index (κ1) is 11.1. The average Bonchev–Trinajstić information content (AvgIpc) is 2.33. The molecule has 1 aromatic carbocycles. The highest BCUT2D eigenvalue weighted by Crippen LogP contribution is 2.28. The molecule has 0 aromatic heterocycles. The zero-order valence-corrected chi connectivity index (χ0v) is 9.75. The molecule has 0 aliphatic carbocycles. The van der Waals surface area contributed by atoms with Gasteiger partial charge in [0.15, 0.2) is 5.78 Å². The number of rotatable bonds is 2. The van der Waals surface area contributed by atoms with Crippen molar-refractivity contribution < 1.29 is 9.53 Å². The molecule has 3 heteroatoms. The van der Waals surface area contributed by atoms with Crippen molar-refractivity contribution in [1.29, 1.82) is 0 Å². The number of hydrogen-bond acceptors (Lipinski definition) is 3. The van der Waals surface area contributed by atoms with E-state index in [1.165, 1.54) is 0 Å². The maximum absolute atomic E-state index is 12.0. The van der Waals surface area contributed by atoms with Crippen LogP contribution in [0.1, 0.15) is 25.3 Å². The summed E-state index contributed by atoms with van der Waals surface area (Å²) in [7, 11) is 1.64. The van der Waals surface area contributed by atoms with E-state index in [1.54, 1.807) is 7.11 Å². The van der Waals surface area contributed by atoms with Crippen LogP contribution in [-0.4, -0.2) is 19.4 Å². The minimum absolute atomic E-state index is 0.268. The lowest BCUT2D eigenvalue weighted by molar-refractivity contribution is -0.126. The maximum atomic E-state index is 12.0. The van der Waals surface area contributed by atoms with Gasteiger partial charge in [-0.2, -0.15) is 0 Å². The Hall–Kier alpha value is -1.35. The van der Waals surface area contributed by atoms with Gasteiger partial charge >= 0.3 is 0 Å². The van der Waals surface area contributed by atoms with Crippen molar-refractivity contribution in [2.45, 2.75) is 25.3 Å². The predicted molar refractivity (Wildman–Crippen MR) is 62.6 cm³/mol. The Morgan fingerprint density at radius 2 is 2.00 bits per heavy atom. The maximum Gasteiger partial charge on any atom is 0.157 e. The Labute approximate surface area is 95.8 Å². The quantitative estimate of drug-likeness (QED) is 0.825. The van der Waals surface area contributed by atoms with Gasteiger partial charge < -0.3 is 10.1 Å². The fourth-order valence-electron chi connectivity index (χ4n) is 2.12. The van der Waals surface area contributed by atoms with Gasteiger partial charge in [-0.05, 0) is 37.6 Å². The summed E-state index contributed by atoms with van der Waals surface area (Å²) in [6.07, 6.45) is 1.60. The topological polar surface area (TPSA) is 38.3 Å². The van der Waals surface area contributed by atoms with Crippen LogP contribution in [-0.2, 0) is 10.3 Å². The van der Waals surface area contributed by atoms with Crippen molar-refractivity contribution in [3.05, 3.63) is 29.8 Å². The smallest absolute Gasteiger partial charge is 0.157 e. The van der Waals surface area contributed by atoms with Crippen molar-refractivity contribution in [3.63, 3.8) is 0 Å². The van der Waals surface area contributed by atoms with Gasteiger partial charge in [-0.3, -0.25) is 4.79 Å². The number of hydrogen-bond donors (Lipinski definition) is 1. The molecule has 3 nitrogen and oxygen atoms in total.